The van der Waals surface area contributed by atoms with Crippen LogP contribution in [0.1, 0.15) is 18.4 Å². The molecule has 1 aromatic carbocycles. The van der Waals surface area contributed by atoms with E-state index in [2.05, 4.69) is 46.9 Å². The molecule has 1 radical (unpaired) electrons. The zero-order valence-electron chi connectivity index (χ0n) is 24.3. The third-order valence-electron chi connectivity index (χ3n) is 5.73. The second-order valence-corrected chi connectivity index (χ2v) is 9.07. The van der Waals surface area contributed by atoms with Crippen LogP contribution >= 0.6 is 0 Å². The third kappa shape index (κ3) is 17.7. The van der Waals surface area contributed by atoms with Gasteiger partial charge in [0.05, 0.1) is 19.1 Å². The predicted molar refractivity (Wildman–Crippen MR) is 152 cm³/mol. The number of aliphatic hydroxyl groups excluding tert-OH is 2. The smallest absolute Gasteiger partial charge is 0.177 e. The Balaban J connectivity index is 0. The number of hydrogen-bond acceptors (Lipinski definition) is 10. The molecule has 0 amide bonds. The van der Waals surface area contributed by atoms with E-state index in [-0.39, 0.29) is 44.7 Å². The minimum atomic E-state index is -0.625. The molecule has 0 bridgehead atoms. The van der Waals surface area contributed by atoms with E-state index in [0.717, 1.165) is 56.4 Å². The summed E-state index contributed by atoms with van der Waals surface area (Å²) in [4.78, 5) is 32.0. The second-order valence-electron chi connectivity index (χ2n) is 9.07. The van der Waals surface area contributed by atoms with Crippen LogP contribution in [0.25, 0.3) is 10.9 Å². The van der Waals surface area contributed by atoms with Crippen molar-refractivity contribution in [3.63, 3.8) is 0 Å². The summed E-state index contributed by atoms with van der Waals surface area (Å²) in [5, 5.41) is 24.8. The number of fused-ring (bicyclic) bond motifs is 1. The number of ether oxygens (including phenoxy) is 1. The number of aromatic nitrogens is 1. The Kier molecular flexibility index (Phi) is 24.9. The fraction of sp³-hybridized carbons (Fsp3) is 0.500. The van der Waals surface area contributed by atoms with Crippen LogP contribution in [0.4, 0.5) is 0 Å². The first-order chi connectivity index (χ1) is 18.7. The summed E-state index contributed by atoms with van der Waals surface area (Å²) in [6.45, 7) is 4.54. The van der Waals surface area contributed by atoms with E-state index >= 15 is 0 Å². The topological polar surface area (TPSA) is 137 Å². The fourth-order valence-corrected chi connectivity index (χ4v) is 3.45. The van der Waals surface area contributed by atoms with Gasteiger partial charge in [-0.2, -0.15) is 6.20 Å². The van der Waals surface area contributed by atoms with Crippen molar-refractivity contribution in [1.82, 2.24) is 19.7 Å². The first kappa shape index (κ1) is 40.2. The van der Waals surface area contributed by atoms with E-state index in [1.54, 1.807) is 7.11 Å². The summed E-state index contributed by atoms with van der Waals surface area (Å²) in [5.74, 6) is 0.853. The molecule has 2 aromatic rings. The van der Waals surface area contributed by atoms with Crippen molar-refractivity contribution in [2.24, 2.45) is 5.92 Å². The molecule has 0 spiro atoms. The number of piperidine rings is 1. The molecular weight excluding hydrogens is 593 g/mol. The zero-order chi connectivity index (χ0) is 29.6. The number of carbonyl (C=O) groups is 2. The van der Waals surface area contributed by atoms with Gasteiger partial charge in [-0.25, -0.2) is 10.1 Å². The number of benzene rings is 1. The first-order valence-electron chi connectivity index (χ1n) is 12.5. The maximum Gasteiger partial charge on any atom is 0.177 e. The molecule has 2 aliphatic rings. The standard InChI is InChI=1S/C13H17N2O.C7H9NO.C6H13NO.CH4O3.CH2O.Y/c1-15(2)7-6-10-9-14-13-8-11(16-3)4-5-12(10)13;1-8-4-2-7(6-9)3-5-8;1-7-4-2-6(8)3-5-7;2-1-4-3;1-2;/h4-5,8-9H,6-7H2,1-3H3;2-7H,1H3;6,8H,2-5H2,1H3;2-3H,1H2;1H2;/q-1;;;;;. The van der Waals surface area contributed by atoms with Crippen molar-refractivity contribution in [2.45, 2.75) is 25.4 Å². The van der Waals surface area contributed by atoms with E-state index in [1.807, 2.05) is 61.6 Å². The Bertz CT molecular complexity index is 937. The normalized spacial score (nSPS) is 14.8. The predicted octanol–water partition coefficient (Wildman–Crippen LogP) is 2.00. The SMILES string of the molecule is C=O.CN1C=CC(C=O)C=C1.CN1CCC(O)CC1.COc1ccc2c(CCN(C)C)c[n-]c2c1.OCOO.[Y]. The summed E-state index contributed by atoms with van der Waals surface area (Å²) in [5.41, 5.74) is 2.33. The molecular formula is C28H45N4O7Y-. The van der Waals surface area contributed by atoms with Crippen LogP contribution in [0.2, 0.25) is 0 Å². The summed E-state index contributed by atoms with van der Waals surface area (Å²) in [6, 6.07) is 6.06. The monoisotopic (exact) mass is 638 g/mol. The van der Waals surface area contributed by atoms with Crippen molar-refractivity contribution >= 4 is 24.0 Å². The fourth-order valence-electron chi connectivity index (χ4n) is 3.45. The number of allylic oxidation sites excluding steroid dienone is 2. The summed E-state index contributed by atoms with van der Waals surface area (Å²) in [7, 11) is 9.86. The number of methoxy groups -OCH3 is 1. The Morgan fingerprint density at radius 1 is 1.15 bits per heavy atom. The van der Waals surface area contributed by atoms with Crippen LogP contribution in [0, 0.1) is 5.92 Å². The molecule has 12 heteroatoms. The van der Waals surface area contributed by atoms with E-state index in [9.17, 15) is 4.79 Å². The van der Waals surface area contributed by atoms with Gasteiger partial charge in [0.15, 0.2) is 6.79 Å². The van der Waals surface area contributed by atoms with Crippen LogP contribution in [-0.2, 0) is 53.6 Å². The van der Waals surface area contributed by atoms with E-state index in [0.29, 0.717) is 0 Å². The molecule has 1 aromatic heterocycles. The molecule has 0 saturated carbocycles. The minimum absolute atomic E-state index is 0. The largest absolute Gasteiger partial charge is 0.663 e. The number of likely N-dealkylation sites (tertiary alicyclic amines) is 1. The summed E-state index contributed by atoms with van der Waals surface area (Å²) in [6.07, 6.45) is 13.3. The number of aliphatic hydroxyl groups is 2. The van der Waals surface area contributed by atoms with Crippen molar-refractivity contribution in [2.75, 3.05) is 61.7 Å². The minimum Gasteiger partial charge on any atom is -0.663 e. The van der Waals surface area contributed by atoms with Crippen LogP contribution in [-0.4, -0.2) is 111 Å². The number of hydrogen-bond donors (Lipinski definition) is 3. The molecule has 223 valence electrons. The van der Waals surface area contributed by atoms with Gasteiger partial charge < -0.3 is 44.2 Å². The van der Waals surface area contributed by atoms with Crippen LogP contribution < -0.4 is 9.72 Å². The second kappa shape index (κ2) is 24.8. The molecule has 4 rings (SSSR count). The quantitative estimate of drug-likeness (QED) is 0.186. The van der Waals surface area contributed by atoms with Gasteiger partial charge in [-0.1, -0.05) is 23.8 Å². The van der Waals surface area contributed by atoms with Gasteiger partial charge >= 0.3 is 0 Å². The Labute approximate surface area is 263 Å². The molecule has 11 nitrogen and oxygen atoms in total. The summed E-state index contributed by atoms with van der Waals surface area (Å²) < 4.78 is 5.18. The molecule has 40 heavy (non-hydrogen) atoms. The van der Waals surface area contributed by atoms with Gasteiger partial charge in [0.1, 0.15) is 18.8 Å². The number of nitrogens with zero attached hydrogens (tertiary/aromatic N) is 4. The Hall–Kier alpha value is -1.96. The van der Waals surface area contributed by atoms with Crippen LogP contribution in [0.3, 0.4) is 0 Å². The molecule has 3 heterocycles. The molecule has 2 aliphatic heterocycles. The van der Waals surface area contributed by atoms with Crippen molar-refractivity contribution < 1.29 is 67.4 Å². The van der Waals surface area contributed by atoms with Gasteiger partial charge in [0.2, 0.25) is 0 Å². The van der Waals surface area contributed by atoms with Gasteiger partial charge in [0, 0.05) is 71.8 Å². The number of aldehydes is 1. The average Bonchev–Trinajstić information content (AvgIpc) is 3.38. The van der Waals surface area contributed by atoms with Gasteiger partial charge in [-0.15, -0.1) is 5.52 Å². The zero-order valence-corrected chi connectivity index (χ0v) is 27.2. The van der Waals surface area contributed by atoms with Gasteiger partial charge in [0.25, 0.3) is 0 Å². The first-order valence-corrected chi connectivity index (χ1v) is 12.5. The maximum absolute atomic E-state index is 10.1. The van der Waals surface area contributed by atoms with Crippen LogP contribution in [0.5, 0.6) is 5.75 Å². The molecule has 1 fully saturated rings. The average molecular weight is 639 g/mol. The van der Waals surface area contributed by atoms with E-state index in [1.165, 1.54) is 10.9 Å². The Morgan fingerprint density at radius 3 is 2.17 bits per heavy atom. The Morgan fingerprint density at radius 2 is 1.73 bits per heavy atom. The van der Waals surface area contributed by atoms with Crippen molar-refractivity contribution in [1.29, 1.82) is 0 Å². The summed E-state index contributed by atoms with van der Waals surface area (Å²) >= 11 is 0. The maximum atomic E-state index is 10.1. The third-order valence-corrected chi connectivity index (χ3v) is 5.73. The van der Waals surface area contributed by atoms with Gasteiger partial charge in [-0.3, -0.25) is 0 Å². The van der Waals surface area contributed by atoms with E-state index in [4.69, 9.17) is 25.0 Å². The number of likely N-dealkylation sites (N-methyl/N-ethyl adjacent to an activating group) is 1. The van der Waals surface area contributed by atoms with Crippen LogP contribution in [0.15, 0.2) is 48.9 Å². The van der Waals surface area contributed by atoms with E-state index < -0.39 is 6.79 Å². The number of rotatable bonds is 6. The van der Waals surface area contributed by atoms with Gasteiger partial charge in [-0.05, 0) is 57.9 Å². The molecule has 3 N–H and O–H groups in total. The molecule has 0 atom stereocenters. The molecule has 0 aliphatic carbocycles. The molecule has 1 saturated heterocycles. The van der Waals surface area contributed by atoms with Crippen molar-refractivity contribution in [3.05, 3.63) is 54.5 Å². The number of carbonyl (C=O) groups excluding carboxylic acids is 2. The molecule has 0 unspecified atom stereocenters. The van der Waals surface area contributed by atoms with Crippen molar-refractivity contribution in [3.8, 4) is 5.75 Å².